The van der Waals surface area contributed by atoms with Crippen molar-refractivity contribution in [3.8, 4) is 0 Å². The number of carbonyl (C=O) groups excluding carboxylic acids is 1. The van der Waals surface area contributed by atoms with E-state index in [9.17, 15) is 4.79 Å². The fraction of sp³-hybridized carbons (Fsp3) is 0.625. The van der Waals surface area contributed by atoms with Gasteiger partial charge < -0.3 is 10.6 Å². The van der Waals surface area contributed by atoms with E-state index in [1.165, 1.54) is 0 Å². The number of amides is 1. The molecule has 2 heterocycles. The molecule has 7 heteroatoms. The van der Waals surface area contributed by atoms with Crippen LogP contribution >= 0.6 is 0 Å². The number of aromatic nitrogens is 4. The molecular formula is C16H26N6O. The van der Waals surface area contributed by atoms with Crippen molar-refractivity contribution in [1.82, 2.24) is 25.1 Å². The molecule has 0 unspecified atom stereocenters. The van der Waals surface area contributed by atoms with E-state index in [0.29, 0.717) is 13.1 Å². The lowest BCUT2D eigenvalue weighted by molar-refractivity contribution is -0.125. The summed E-state index contributed by atoms with van der Waals surface area (Å²) < 4.78 is 1.81. The van der Waals surface area contributed by atoms with Gasteiger partial charge in [0.15, 0.2) is 5.65 Å². The maximum Gasteiger partial charge on any atom is 0.223 e. The van der Waals surface area contributed by atoms with Gasteiger partial charge in [0, 0.05) is 19.0 Å². The van der Waals surface area contributed by atoms with Crippen molar-refractivity contribution < 1.29 is 4.79 Å². The Morgan fingerprint density at radius 3 is 2.70 bits per heavy atom. The molecule has 2 aromatic heterocycles. The third-order valence-electron chi connectivity index (χ3n) is 3.96. The van der Waals surface area contributed by atoms with Gasteiger partial charge in [0.05, 0.1) is 18.1 Å². The van der Waals surface area contributed by atoms with Crippen LogP contribution < -0.4 is 10.6 Å². The van der Waals surface area contributed by atoms with Crippen molar-refractivity contribution in [2.45, 2.75) is 46.6 Å². The fourth-order valence-corrected chi connectivity index (χ4v) is 2.53. The maximum atomic E-state index is 12.0. The molecule has 1 amide bonds. The summed E-state index contributed by atoms with van der Waals surface area (Å²) in [5.74, 6) is 1.02. The van der Waals surface area contributed by atoms with E-state index >= 15 is 0 Å². The zero-order valence-electron chi connectivity index (χ0n) is 14.2. The van der Waals surface area contributed by atoms with E-state index in [4.69, 9.17) is 0 Å². The third kappa shape index (κ3) is 4.18. The van der Waals surface area contributed by atoms with E-state index in [-0.39, 0.29) is 11.8 Å². The van der Waals surface area contributed by atoms with Gasteiger partial charge in [-0.3, -0.25) is 4.79 Å². The molecule has 126 valence electrons. The standard InChI is InChI=1S/C16H26N6O/c1-4-7-17-14-13-10-21-22(15(13)20-11-19-14)9-8-18-16(23)12(5-2)6-3/h10-12H,4-9H2,1-3H3,(H,18,23)(H,17,19,20). The van der Waals surface area contributed by atoms with E-state index in [0.717, 1.165) is 42.7 Å². The van der Waals surface area contributed by atoms with Crippen molar-refractivity contribution in [1.29, 1.82) is 0 Å². The second-order valence-electron chi connectivity index (χ2n) is 5.56. The second kappa shape index (κ2) is 8.45. The first-order valence-corrected chi connectivity index (χ1v) is 8.39. The lowest BCUT2D eigenvalue weighted by Gasteiger charge is -2.12. The van der Waals surface area contributed by atoms with Gasteiger partial charge in [0.1, 0.15) is 12.1 Å². The lowest BCUT2D eigenvalue weighted by atomic mass is 10.0. The maximum absolute atomic E-state index is 12.0. The molecule has 0 saturated heterocycles. The third-order valence-corrected chi connectivity index (χ3v) is 3.96. The van der Waals surface area contributed by atoms with Gasteiger partial charge in [-0.25, -0.2) is 14.6 Å². The zero-order chi connectivity index (χ0) is 16.7. The normalized spacial score (nSPS) is 11.1. The summed E-state index contributed by atoms with van der Waals surface area (Å²) in [6.07, 6.45) is 6.08. The van der Waals surface area contributed by atoms with Crippen LogP contribution in [0.25, 0.3) is 11.0 Å². The Morgan fingerprint density at radius 2 is 2.00 bits per heavy atom. The van der Waals surface area contributed by atoms with Crippen LogP contribution in [-0.2, 0) is 11.3 Å². The Hall–Kier alpha value is -2.18. The lowest BCUT2D eigenvalue weighted by Crippen LogP contribution is -2.32. The second-order valence-corrected chi connectivity index (χ2v) is 5.56. The Kier molecular flexibility index (Phi) is 6.31. The van der Waals surface area contributed by atoms with Crippen LogP contribution in [0.4, 0.5) is 5.82 Å². The highest BCUT2D eigenvalue weighted by molar-refractivity contribution is 5.86. The largest absolute Gasteiger partial charge is 0.369 e. The SMILES string of the molecule is CCCNc1ncnc2c1cnn2CCNC(=O)C(CC)CC. The molecular weight excluding hydrogens is 292 g/mol. The Morgan fingerprint density at radius 1 is 1.22 bits per heavy atom. The molecule has 0 bridgehead atoms. The Bertz CT molecular complexity index is 635. The zero-order valence-corrected chi connectivity index (χ0v) is 14.2. The molecule has 0 spiro atoms. The highest BCUT2D eigenvalue weighted by Crippen LogP contribution is 2.18. The summed E-state index contributed by atoms with van der Waals surface area (Å²) in [5.41, 5.74) is 0.787. The minimum Gasteiger partial charge on any atom is -0.369 e. The van der Waals surface area contributed by atoms with Crippen LogP contribution in [0, 0.1) is 5.92 Å². The monoisotopic (exact) mass is 318 g/mol. The van der Waals surface area contributed by atoms with Crippen LogP contribution in [0.3, 0.4) is 0 Å². The molecule has 0 aliphatic heterocycles. The molecule has 0 fully saturated rings. The van der Waals surface area contributed by atoms with Gasteiger partial charge in [-0.2, -0.15) is 5.10 Å². The molecule has 0 aliphatic carbocycles. The summed E-state index contributed by atoms with van der Waals surface area (Å²) in [7, 11) is 0. The topological polar surface area (TPSA) is 84.7 Å². The summed E-state index contributed by atoms with van der Waals surface area (Å²) in [6, 6.07) is 0. The average Bonchev–Trinajstić information content (AvgIpc) is 2.98. The summed E-state index contributed by atoms with van der Waals surface area (Å²) >= 11 is 0. The van der Waals surface area contributed by atoms with Crippen molar-refractivity contribution in [2.24, 2.45) is 5.92 Å². The predicted octanol–water partition coefficient (Wildman–Crippen LogP) is 2.20. The first-order valence-electron chi connectivity index (χ1n) is 8.39. The first kappa shape index (κ1) is 17.2. The van der Waals surface area contributed by atoms with Gasteiger partial charge in [-0.1, -0.05) is 20.8 Å². The van der Waals surface area contributed by atoms with E-state index in [1.807, 2.05) is 13.8 Å². The minimum absolute atomic E-state index is 0.0940. The van der Waals surface area contributed by atoms with Gasteiger partial charge in [0.25, 0.3) is 0 Å². The van der Waals surface area contributed by atoms with E-state index in [1.54, 1.807) is 17.2 Å². The molecule has 0 radical (unpaired) electrons. The quantitative estimate of drug-likeness (QED) is 0.740. The van der Waals surface area contributed by atoms with Gasteiger partial charge in [-0.05, 0) is 19.3 Å². The number of hydrogen-bond donors (Lipinski definition) is 2. The minimum atomic E-state index is 0.0940. The molecule has 2 aromatic rings. The van der Waals surface area contributed by atoms with Gasteiger partial charge in [0.2, 0.25) is 5.91 Å². The molecule has 2 N–H and O–H groups in total. The number of nitrogens with one attached hydrogen (secondary N) is 2. The smallest absolute Gasteiger partial charge is 0.223 e. The van der Waals surface area contributed by atoms with Crippen molar-refractivity contribution >= 4 is 22.8 Å². The molecule has 0 atom stereocenters. The first-order chi connectivity index (χ1) is 11.2. The number of nitrogens with zero attached hydrogens (tertiary/aromatic N) is 4. The Labute approximate surface area is 136 Å². The van der Waals surface area contributed by atoms with E-state index in [2.05, 4.69) is 32.6 Å². The number of rotatable bonds is 9. The van der Waals surface area contributed by atoms with Crippen LogP contribution in [0.2, 0.25) is 0 Å². The molecule has 0 aromatic carbocycles. The molecule has 23 heavy (non-hydrogen) atoms. The van der Waals surface area contributed by atoms with Crippen molar-refractivity contribution in [3.05, 3.63) is 12.5 Å². The van der Waals surface area contributed by atoms with Crippen LogP contribution in [-0.4, -0.2) is 38.7 Å². The van der Waals surface area contributed by atoms with Crippen molar-refractivity contribution in [3.63, 3.8) is 0 Å². The van der Waals surface area contributed by atoms with E-state index < -0.39 is 0 Å². The summed E-state index contributed by atoms with van der Waals surface area (Å²) in [6.45, 7) is 8.20. The number of fused-ring (bicyclic) bond motifs is 1. The van der Waals surface area contributed by atoms with Gasteiger partial charge >= 0.3 is 0 Å². The molecule has 0 saturated carbocycles. The average molecular weight is 318 g/mol. The predicted molar refractivity (Wildman–Crippen MR) is 91.2 cm³/mol. The fourth-order valence-electron chi connectivity index (χ4n) is 2.53. The summed E-state index contributed by atoms with van der Waals surface area (Å²) in [5, 5.41) is 11.5. The van der Waals surface area contributed by atoms with Gasteiger partial charge in [-0.15, -0.1) is 0 Å². The van der Waals surface area contributed by atoms with Crippen LogP contribution in [0.1, 0.15) is 40.0 Å². The highest BCUT2D eigenvalue weighted by atomic mass is 16.1. The Balaban J connectivity index is 2.00. The van der Waals surface area contributed by atoms with Crippen LogP contribution in [0.15, 0.2) is 12.5 Å². The molecule has 2 rings (SSSR count). The number of hydrogen-bond acceptors (Lipinski definition) is 5. The van der Waals surface area contributed by atoms with Crippen LogP contribution in [0.5, 0.6) is 0 Å². The number of carbonyl (C=O) groups is 1. The number of anilines is 1. The highest BCUT2D eigenvalue weighted by Gasteiger charge is 2.14. The van der Waals surface area contributed by atoms with Crippen molar-refractivity contribution in [2.75, 3.05) is 18.4 Å². The molecule has 0 aliphatic rings. The summed E-state index contributed by atoms with van der Waals surface area (Å²) in [4.78, 5) is 20.6. The molecule has 7 nitrogen and oxygen atoms in total.